The van der Waals surface area contributed by atoms with Gasteiger partial charge in [0, 0.05) is 11.6 Å². The summed E-state index contributed by atoms with van der Waals surface area (Å²) in [6, 6.07) is 3.72. The van der Waals surface area contributed by atoms with E-state index in [9.17, 15) is 8.78 Å². The molecule has 0 saturated heterocycles. The van der Waals surface area contributed by atoms with Crippen molar-refractivity contribution in [2.45, 2.75) is 57.9 Å². The summed E-state index contributed by atoms with van der Waals surface area (Å²) < 4.78 is 26.5. The third kappa shape index (κ3) is 4.02. The molecule has 0 heterocycles. The summed E-state index contributed by atoms with van der Waals surface area (Å²) in [5.41, 5.74) is 6.87. The molecule has 0 spiro atoms. The highest BCUT2D eigenvalue weighted by Crippen LogP contribution is 2.34. The van der Waals surface area contributed by atoms with Crippen molar-refractivity contribution in [3.05, 3.63) is 35.4 Å². The molecule has 0 aromatic heterocycles. The van der Waals surface area contributed by atoms with E-state index in [2.05, 4.69) is 13.8 Å². The van der Waals surface area contributed by atoms with E-state index >= 15 is 0 Å². The van der Waals surface area contributed by atoms with Crippen LogP contribution in [0.3, 0.4) is 0 Å². The average molecular weight is 281 g/mol. The first-order chi connectivity index (χ1) is 9.38. The lowest BCUT2D eigenvalue weighted by Crippen LogP contribution is -2.41. The van der Waals surface area contributed by atoms with Crippen LogP contribution in [0.15, 0.2) is 18.2 Å². The molecule has 2 N–H and O–H groups in total. The fourth-order valence-corrected chi connectivity index (χ4v) is 3.42. The monoisotopic (exact) mass is 281 g/mol. The summed E-state index contributed by atoms with van der Waals surface area (Å²) in [7, 11) is 0. The molecule has 0 amide bonds. The van der Waals surface area contributed by atoms with Gasteiger partial charge in [-0.3, -0.25) is 0 Å². The van der Waals surface area contributed by atoms with Gasteiger partial charge >= 0.3 is 0 Å². The minimum absolute atomic E-state index is 0.316. The normalized spacial score (nSPS) is 27.6. The minimum atomic E-state index is -0.516. The first kappa shape index (κ1) is 15.4. The van der Waals surface area contributed by atoms with E-state index in [0.29, 0.717) is 17.9 Å². The van der Waals surface area contributed by atoms with Crippen LogP contribution in [0.5, 0.6) is 0 Å². The highest BCUT2D eigenvalue weighted by atomic mass is 19.1. The number of hydrogen-bond acceptors (Lipinski definition) is 1. The first-order valence-electron chi connectivity index (χ1n) is 7.62. The molecule has 20 heavy (non-hydrogen) atoms. The van der Waals surface area contributed by atoms with Gasteiger partial charge in [0.15, 0.2) is 0 Å². The van der Waals surface area contributed by atoms with Gasteiger partial charge < -0.3 is 5.73 Å². The van der Waals surface area contributed by atoms with Crippen molar-refractivity contribution in [1.29, 1.82) is 0 Å². The highest BCUT2D eigenvalue weighted by molar-refractivity contribution is 5.20. The van der Waals surface area contributed by atoms with E-state index in [-0.39, 0.29) is 5.54 Å². The van der Waals surface area contributed by atoms with Crippen LogP contribution in [0.2, 0.25) is 0 Å². The molecule has 0 aliphatic heterocycles. The summed E-state index contributed by atoms with van der Waals surface area (Å²) in [6.45, 7) is 4.52. The Balaban J connectivity index is 2.07. The Morgan fingerprint density at radius 3 is 2.40 bits per heavy atom. The van der Waals surface area contributed by atoms with Gasteiger partial charge in [0.05, 0.1) is 0 Å². The van der Waals surface area contributed by atoms with Crippen LogP contribution in [-0.4, -0.2) is 5.54 Å². The Morgan fingerprint density at radius 1 is 1.15 bits per heavy atom. The third-order valence-corrected chi connectivity index (χ3v) is 4.68. The lowest BCUT2D eigenvalue weighted by atomic mass is 9.83. The van der Waals surface area contributed by atoms with Gasteiger partial charge in [0.2, 0.25) is 0 Å². The van der Waals surface area contributed by atoms with Crippen LogP contribution in [0, 0.1) is 23.5 Å². The highest BCUT2D eigenvalue weighted by Gasteiger charge is 2.30. The van der Waals surface area contributed by atoms with Gasteiger partial charge in [-0.15, -0.1) is 0 Å². The second-order valence-electron chi connectivity index (χ2n) is 6.75. The summed E-state index contributed by atoms with van der Waals surface area (Å²) in [5.74, 6) is 0.378. The maximum absolute atomic E-state index is 13.3. The van der Waals surface area contributed by atoms with Crippen LogP contribution in [0.25, 0.3) is 0 Å². The SMILES string of the molecule is CC(C)C1CCCC(N)(Cc2cc(F)cc(F)c2)CC1. The molecule has 1 aromatic carbocycles. The van der Waals surface area contributed by atoms with Crippen molar-refractivity contribution in [3.63, 3.8) is 0 Å². The topological polar surface area (TPSA) is 26.0 Å². The van der Waals surface area contributed by atoms with Crippen LogP contribution in [0.1, 0.15) is 51.5 Å². The molecule has 2 rings (SSSR count). The van der Waals surface area contributed by atoms with Crippen molar-refractivity contribution in [1.82, 2.24) is 0 Å². The van der Waals surface area contributed by atoms with Crippen LogP contribution < -0.4 is 5.73 Å². The number of benzene rings is 1. The number of rotatable bonds is 3. The van der Waals surface area contributed by atoms with E-state index in [4.69, 9.17) is 5.73 Å². The van der Waals surface area contributed by atoms with Crippen molar-refractivity contribution >= 4 is 0 Å². The Morgan fingerprint density at radius 2 is 1.80 bits per heavy atom. The Kier molecular flexibility index (Phi) is 4.79. The molecular weight excluding hydrogens is 256 g/mol. The standard InChI is InChI=1S/C17H25F2N/c1-12(2)14-4-3-6-17(20,7-5-14)11-13-8-15(18)10-16(19)9-13/h8-10,12,14H,3-7,11,20H2,1-2H3. The molecule has 2 atom stereocenters. The predicted molar refractivity (Wildman–Crippen MR) is 78.4 cm³/mol. The lowest BCUT2D eigenvalue weighted by molar-refractivity contribution is 0.321. The van der Waals surface area contributed by atoms with Crippen LogP contribution in [-0.2, 0) is 6.42 Å². The van der Waals surface area contributed by atoms with E-state index < -0.39 is 11.6 Å². The maximum Gasteiger partial charge on any atom is 0.126 e. The van der Waals surface area contributed by atoms with Gasteiger partial charge in [0.25, 0.3) is 0 Å². The zero-order valence-electron chi connectivity index (χ0n) is 12.5. The van der Waals surface area contributed by atoms with Crippen molar-refractivity contribution in [2.75, 3.05) is 0 Å². The predicted octanol–water partition coefficient (Wildman–Crippen LogP) is 4.44. The Labute approximate surface area is 120 Å². The maximum atomic E-state index is 13.3. The van der Waals surface area contributed by atoms with Crippen LogP contribution in [0.4, 0.5) is 8.78 Å². The molecule has 1 aliphatic rings. The smallest absolute Gasteiger partial charge is 0.126 e. The molecule has 3 heteroatoms. The number of hydrogen-bond donors (Lipinski definition) is 1. The zero-order chi connectivity index (χ0) is 14.8. The molecule has 1 aliphatic carbocycles. The Bertz CT molecular complexity index is 438. The summed E-state index contributed by atoms with van der Waals surface area (Å²) in [4.78, 5) is 0. The first-order valence-corrected chi connectivity index (χ1v) is 7.62. The molecule has 2 unspecified atom stereocenters. The average Bonchev–Trinajstić information content (AvgIpc) is 2.49. The summed E-state index contributed by atoms with van der Waals surface area (Å²) in [6.07, 6.45) is 5.88. The van der Waals surface area contributed by atoms with Gasteiger partial charge in [0.1, 0.15) is 11.6 Å². The second-order valence-corrected chi connectivity index (χ2v) is 6.75. The fourth-order valence-electron chi connectivity index (χ4n) is 3.42. The fraction of sp³-hybridized carbons (Fsp3) is 0.647. The van der Waals surface area contributed by atoms with Crippen molar-refractivity contribution in [2.24, 2.45) is 17.6 Å². The molecule has 1 aromatic rings. The summed E-state index contributed by atoms with van der Waals surface area (Å²) in [5, 5.41) is 0. The molecule has 112 valence electrons. The minimum Gasteiger partial charge on any atom is -0.325 e. The van der Waals surface area contributed by atoms with Gasteiger partial charge in [-0.2, -0.15) is 0 Å². The number of nitrogens with two attached hydrogens (primary N) is 1. The Hall–Kier alpha value is -0.960. The number of halogens is 2. The van der Waals surface area contributed by atoms with E-state index in [1.165, 1.54) is 18.6 Å². The zero-order valence-corrected chi connectivity index (χ0v) is 12.5. The van der Waals surface area contributed by atoms with Gasteiger partial charge in [-0.1, -0.05) is 26.7 Å². The molecule has 0 bridgehead atoms. The largest absolute Gasteiger partial charge is 0.325 e. The molecule has 0 radical (unpaired) electrons. The molecule has 1 nitrogen and oxygen atoms in total. The van der Waals surface area contributed by atoms with Gasteiger partial charge in [-0.25, -0.2) is 8.78 Å². The van der Waals surface area contributed by atoms with Crippen molar-refractivity contribution < 1.29 is 8.78 Å². The molecular formula is C17H25F2N. The lowest BCUT2D eigenvalue weighted by Gasteiger charge is -2.28. The van der Waals surface area contributed by atoms with Crippen molar-refractivity contribution in [3.8, 4) is 0 Å². The second kappa shape index (κ2) is 6.21. The molecule has 1 saturated carbocycles. The third-order valence-electron chi connectivity index (χ3n) is 4.68. The molecule has 1 fully saturated rings. The van der Waals surface area contributed by atoms with E-state index in [1.807, 2.05) is 0 Å². The van der Waals surface area contributed by atoms with E-state index in [1.54, 1.807) is 0 Å². The van der Waals surface area contributed by atoms with Gasteiger partial charge in [-0.05, 0) is 55.2 Å². The summed E-state index contributed by atoms with van der Waals surface area (Å²) >= 11 is 0. The van der Waals surface area contributed by atoms with E-state index in [0.717, 1.165) is 37.7 Å². The van der Waals surface area contributed by atoms with Crippen LogP contribution >= 0.6 is 0 Å². The quantitative estimate of drug-likeness (QED) is 0.814.